The monoisotopic (exact) mass is 433 g/mol. The van der Waals surface area contributed by atoms with E-state index in [2.05, 4.69) is 15.4 Å². The van der Waals surface area contributed by atoms with Gasteiger partial charge in [-0.25, -0.2) is 8.42 Å². The van der Waals surface area contributed by atoms with Crippen LogP contribution < -0.4 is 24.8 Å². The van der Waals surface area contributed by atoms with E-state index in [9.17, 15) is 18.0 Å². The molecule has 0 spiro atoms. The average molecular weight is 433 g/mol. The standard InChI is InChI=1S/C20H23N3O6S/c1-2-3-19(24)21-13-20(25)22-14-4-6-15(7-5-14)23-30(26,27)16-8-9-17-18(12-16)29-11-10-28-17/h4-9,12,23H,2-3,10-11,13H2,1H3,(H,21,24)(H,22,25). The molecule has 30 heavy (non-hydrogen) atoms. The lowest BCUT2D eigenvalue weighted by atomic mass is 10.3. The van der Waals surface area contributed by atoms with Crippen LogP contribution in [-0.2, 0) is 19.6 Å². The second kappa shape index (κ2) is 9.49. The number of carbonyl (C=O) groups is 2. The Kier molecular flexibility index (Phi) is 6.78. The van der Waals surface area contributed by atoms with Gasteiger partial charge in [0.2, 0.25) is 11.8 Å². The topological polar surface area (TPSA) is 123 Å². The normalized spacial score (nSPS) is 12.7. The van der Waals surface area contributed by atoms with Crippen molar-refractivity contribution in [2.75, 3.05) is 29.8 Å². The average Bonchev–Trinajstić information content (AvgIpc) is 2.73. The third-order valence-electron chi connectivity index (χ3n) is 4.17. The summed E-state index contributed by atoms with van der Waals surface area (Å²) in [6.45, 7) is 2.53. The molecule has 2 aromatic carbocycles. The van der Waals surface area contributed by atoms with Crippen LogP contribution in [0, 0.1) is 0 Å². The molecule has 3 N–H and O–H groups in total. The van der Waals surface area contributed by atoms with Gasteiger partial charge < -0.3 is 20.1 Å². The van der Waals surface area contributed by atoms with E-state index in [1.54, 1.807) is 18.2 Å². The minimum absolute atomic E-state index is 0.0481. The Hall–Kier alpha value is -3.27. The van der Waals surface area contributed by atoms with Crippen LogP contribution in [0.15, 0.2) is 47.4 Å². The Morgan fingerprint density at radius 2 is 1.60 bits per heavy atom. The third kappa shape index (κ3) is 5.63. The van der Waals surface area contributed by atoms with Crippen molar-refractivity contribution < 1.29 is 27.5 Å². The number of anilines is 2. The van der Waals surface area contributed by atoms with Crippen LogP contribution in [0.5, 0.6) is 11.5 Å². The Morgan fingerprint density at radius 1 is 0.933 bits per heavy atom. The summed E-state index contributed by atoms with van der Waals surface area (Å²) < 4.78 is 38.6. The van der Waals surface area contributed by atoms with Gasteiger partial charge in [0, 0.05) is 23.9 Å². The summed E-state index contributed by atoms with van der Waals surface area (Å²) in [5.41, 5.74) is 0.811. The highest BCUT2D eigenvalue weighted by atomic mass is 32.2. The van der Waals surface area contributed by atoms with E-state index in [0.29, 0.717) is 48.9 Å². The van der Waals surface area contributed by atoms with Gasteiger partial charge in [-0.15, -0.1) is 0 Å². The van der Waals surface area contributed by atoms with E-state index >= 15 is 0 Å². The number of rotatable bonds is 8. The molecule has 160 valence electrons. The summed E-state index contributed by atoms with van der Waals surface area (Å²) in [6.07, 6.45) is 1.07. The van der Waals surface area contributed by atoms with Gasteiger partial charge in [0.05, 0.1) is 11.4 Å². The fraction of sp³-hybridized carbons (Fsp3) is 0.300. The molecule has 1 heterocycles. The molecular weight excluding hydrogens is 410 g/mol. The van der Waals surface area contributed by atoms with Gasteiger partial charge in [-0.2, -0.15) is 0 Å². The smallest absolute Gasteiger partial charge is 0.262 e. The first kappa shape index (κ1) is 21.4. The van der Waals surface area contributed by atoms with Gasteiger partial charge in [-0.3, -0.25) is 14.3 Å². The van der Waals surface area contributed by atoms with Crippen molar-refractivity contribution in [2.24, 2.45) is 0 Å². The maximum absolute atomic E-state index is 12.6. The Labute approximate surface area is 174 Å². The van der Waals surface area contributed by atoms with E-state index in [1.807, 2.05) is 6.92 Å². The van der Waals surface area contributed by atoms with Crippen molar-refractivity contribution >= 4 is 33.2 Å². The highest BCUT2D eigenvalue weighted by Crippen LogP contribution is 2.32. The third-order valence-corrected chi connectivity index (χ3v) is 5.55. The highest BCUT2D eigenvalue weighted by Gasteiger charge is 2.19. The Morgan fingerprint density at radius 3 is 2.30 bits per heavy atom. The molecule has 0 unspecified atom stereocenters. The zero-order valence-corrected chi connectivity index (χ0v) is 17.3. The summed E-state index contributed by atoms with van der Waals surface area (Å²) in [5.74, 6) is 0.333. The first-order valence-corrected chi connectivity index (χ1v) is 10.9. The number of carbonyl (C=O) groups excluding carboxylic acids is 2. The highest BCUT2D eigenvalue weighted by molar-refractivity contribution is 7.92. The maximum Gasteiger partial charge on any atom is 0.262 e. The van der Waals surface area contributed by atoms with E-state index in [0.717, 1.165) is 0 Å². The lowest BCUT2D eigenvalue weighted by Crippen LogP contribution is -2.32. The molecule has 0 saturated heterocycles. The molecule has 0 radical (unpaired) electrons. The van der Waals surface area contributed by atoms with Crippen LogP contribution in [0.1, 0.15) is 19.8 Å². The first-order valence-electron chi connectivity index (χ1n) is 9.46. The molecule has 10 heteroatoms. The van der Waals surface area contributed by atoms with Crippen molar-refractivity contribution in [1.29, 1.82) is 0 Å². The Bertz CT molecular complexity index is 1020. The van der Waals surface area contributed by atoms with E-state index < -0.39 is 10.0 Å². The zero-order valence-electron chi connectivity index (χ0n) is 16.4. The van der Waals surface area contributed by atoms with Gasteiger partial charge in [0.15, 0.2) is 11.5 Å². The molecule has 0 bridgehead atoms. The largest absolute Gasteiger partial charge is 0.486 e. The van der Waals surface area contributed by atoms with Crippen LogP contribution in [0.3, 0.4) is 0 Å². The summed E-state index contributed by atoms with van der Waals surface area (Å²) in [7, 11) is -3.83. The van der Waals surface area contributed by atoms with Crippen molar-refractivity contribution in [2.45, 2.75) is 24.7 Å². The molecule has 2 aromatic rings. The van der Waals surface area contributed by atoms with Gasteiger partial charge in [0.25, 0.3) is 10.0 Å². The second-order valence-electron chi connectivity index (χ2n) is 6.56. The minimum atomic E-state index is -3.83. The molecule has 0 aromatic heterocycles. The van der Waals surface area contributed by atoms with Gasteiger partial charge in [0.1, 0.15) is 13.2 Å². The number of sulfonamides is 1. The SMILES string of the molecule is CCCC(=O)NCC(=O)Nc1ccc(NS(=O)(=O)c2ccc3c(c2)OCCO3)cc1. The number of benzene rings is 2. The molecule has 0 fully saturated rings. The summed E-state index contributed by atoms with van der Waals surface area (Å²) >= 11 is 0. The quantitative estimate of drug-likeness (QED) is 0.586. The van der Waals surface area contributed by atoms with Crippen molar-refractivity contribution in [1.82, 2.24) is 5.32 Å². The van der Waals surface area contributed by atoms with E-state index in [-0.39, 0.29) is 23.3 Å². The predicted molar refractivity (Wildman–Crippen MR) is 111 cm³/mol. The second-order valence-corrected chi connectivity index (χ2v) is 8.25. The fourth-order valence-electron chi connectivity index (χ4n) is 2.73. The fourth-order valence-corrected chi connectivity index (χ4v) is 3.80. The molecule has 0 aliphatic carbocycles. The van der Waals surface area contributed by atoms with Crippen LogP contribution >= 0.6 is 0 Å². The van der Waals surface area contributed by atoms with Gasteiger partial charge >= 0.3 is 0 Å². The van der Waals surface area contributed by atoms with Crippen molar-refractivity contribution in [3.8, 4) is 11.5 Å². The molecule has 3 rings (SSSR count). The van der Waals surface area contributed by atoms with Crippen LogP contribution in [0.2, 0.25) is 0 Å². The summed E-state index contributed by atoms with van der Waals surface area (Å²) in [6, 6.07) is 10.6. The number of fused-ring (bicyclic) bond motifs is 1. The van der Waals surface area contributed by atoms with Crippen LogP contribution in [0.25, 0.3) is 0 Å². The number of hydrogen-bond acceptors (Lipinski definition) is 6. The minimum Gasteiger partial charge on any atom is -0.486 e. The Balaban J connectivity index is 1.59. The lowest BCUT2D eigenvalue weighted by molar-refractivity contribution is -0.124. The molecule has 1 aliphatic rings. The van der Waals surface area contributed by atoms with E-state index in [1.165, 1.54) is 24.3 Å². The number of amides is 2. The van der Waals surface area contributed by atoms with Gasteiger partial charge in [-0.05, 0) is 42.8 Å². The van der Waals surface area contributed by atoms with Crippen LogP contribution in [0.4, 0.5) is 11.4 Å². The van der Waals surface area contributed by atoms with E-state index in [4.69, 9.17) is 9.47 Å². The number of nitrogens with one attached hydrogen (secondary N) is 3. The molecule has 0 atom stereocenters. The zero-order chi connectivity index (χ0) is 21.6. The predicted octanol–water partition coefficient (Wildman–Crippen LogP) is 2.11. The summed E-state index contributed by atoms with van der Waals surface area (Å²) in [5, 5.41) is 5.16. The molecular formula is C20H23N3O6S. The van der Waals surface area contributed by atoms with Crippen molar-refractivity contribution in [3.05, 3.63) is 42.5 Å². The number of hydrogen-bond donors (Lipinski definition) is 3. The first-order chi connectivity index (χ1) is 14.4. The van der Waals surface area contributed by atoms with Gasteiger partial charge in [-0.1, -0.05) is 6.92 Å². The number of ether oxygens (including phenoxy) is 2. The lowest BCUT2D eigenvalue weighted by Gasteiger charge is -2.19. The summed E-state index contributed by atoms with van der Waals surface area (Å²) in [4.78, 5) is 23.3. The molecule has 9 nitrogen and oxygen atoms in total. The molecule has 1 aliphatic heterocycles. The molecule has 0 saturated carbocycles. The van der Waals surface area contributed by atoms with Crippen molar-refractivity contribution in [3.63, 3.8) is 0 Å². The van der Waals surface area contributed by atoms with Crippen LogP contribution in [-0.4, -0.2) is 40.0 Å². The molecule has 2 amide bonds. The maximum atomic E-state index is 12.6.